The van der Waals surface area contributed by atoms with Crippen LogP contribution in [0.15, 0.2) is 27.6 Å². The summed E-state index contributed by atoms with van der Waals surface area (Å²) in [5.41, 5.74) is -0.582. The number of nitrogens with zero attached hydrogens (tertiary/aromatic N) is 1. The summed E-state index contributed by atoms with van der Waals surface area (Å²) in [6, 6.07) is 2.35. The van der Waals surface area contributed by atoms with E-state index in [1.54, 1.807) is 6.92 Å². The maximum absolute atomic E-state index is 12.2. The average molecular weight is 381 g/mol. The van der Waals surface area contributed by atoms with Crippen LogP contribution >= 0.6 is 15.9 Å². The van der Waals surface area contributed by atoms with Gasteiger partial charge in [-0.05, 0) is 26.0 Å². The summed E-state index contributed by atoms with van der Waals surface area (Å²) >= 11 is 3.05. The van der Waals surface area contributed by atoms with Crippen molar-refractivity contribution >= 4 is 37.6 Å². The second kappa shape index (κ2) is 6.96. The quantitative estimate of drug-likeness (QED) is 0.455. The third kappa shape index (κ3) is 4.48. The monoisotopic (exact) mass is 380 g/mol. The number of carbonyl (C=O) groups is 1. The first-order chi connectivity index (χ1) is 9.69. The molecule has 1 rings (SSSR count). The molecule has 0 radical (unpaired) electrons. The number of nitro benzene ring substituents is 1. The molecule has 0 saturated heterocycles. The number of halogens is 1. The highest BCUT2D eigenvalue weighted by Gasteiger charge is 2.29. The molecule has 0 heterocycles. The Bertz CT molecular complexity index is 661. The van der Waals surface area contributed by atoms with Crippen LogP contribution in [-0.4, -0.2) is 32.0 Å². The molecule has 0 fully saturated rings. The molecule has 1 unspecified atom stereocenters. The maximum Gasteiger partial charge on any atom is 0.323 e. The van der Waals surface area contributed by atoms with Gasteiger partial charge in [-0.2, -0.15) is 4.72 Å². The van der Waals surface area contributed by atoms with Gasteiger partial charge in [0.05, 0.1) is 11.5 Å². The summed E-state index contributed by atoms with van der Waals surface area (Å²) in [6.07, 6.45) is 0. The number of sulfonamides is 1. The van der Waals surface area contributed by atoms with Crippen LogP contribution in [0.3, 0.4) is 0 Å². The Kier molecular flexibility index (Phi) is 5.81. The summed E-state index contributed by atoms with van der Waals surface area (Å²) in [4.78, 5) is 21.0. The first-order valence-corrected chi connectivity index (χ1v) is 8.09. The second-order valence-electron chi connectivity index (χ2n) is 3.96. The molecule has 0 saturated carbocycles. The Morgan fingerprint density at radius 2 is 2.14 bits per heavy atom. The van der Waals surface area contributed by atoms with E-state index in [2.05, 4.69) is 25.4 Å². The molecular formula is C11H13BrN2O6S. The van der Waals surface area contributed by atoms with Gasteiger partial charge in [0.15, 0.2) is 4.90 Å². The Morgan fingerprint density at radius 3 is 2.67 bits per heavy atom. The number of nitrogens with one attached hydrogen (secondary N) is 1. The van der Waals surface area contributed by atoms with E-state index in [4.69, 9.17) is 0 Å². The molecule has 0 aliphatic rings. The summed E-state index contributed by atoms with van der Waals surface area (Å²) in [7, 11) is -4.24. The molecule has 8 nitrogen and oxygen atoms in total. The fraction of sp³-hybridized carbons (Fsp3) is 0.364. The number of carbonyl (C=O) groups excluding carboxylic acids is 1. The van der Waals surface area contributed by atoms with Crippen molar-refractivity contribution in [2.75, 3.05) is 6.61 Å². The fourth-order valence-corrected chi connectivity index (χ4v) is 3.37. The zero-order chi connectivity index (χ0) is 16.2. The number of esters is 1. The SMILES string of the molecule is CCOC(=O)C(C)NS(=O)(=O)c1cc(Br)ccc1[N+](=O)[O-]. The Balaban J connectivity index is 3.16. The highest BCUT2D eigenvalue weighted by molar-refractivity contribution is 9.10. The number of benzene rings is 1. The topological polar surface area (TPSA) is 116 Å². The average Bonchev–Trinajstić information content (AvgIpc) is 2.38. The van der Waals surface area contributed by atoms with Crippen LogP contribution in [0, 0.1) is 10.1 Å². The minimum absolute atomic E-state index is 0.0991. The number of hydrogen-bond acceptors (Lipinski definition) is 6. The second-order valence-corrected chi connectivity index (χ2v) is 6.56. The lowest BCUT2D eigenvalue weighted by atomic mass is 10.3. The molecule has 21 heavy (non-hydrogen) atoms. The van der Waals surface area contributed by atoms with Crippen LogP contribution in [0.2, 0.25) is 0 Å². The minimum Gasteiger partial charge on any atom is -0.465 e. The Hall–Kier alpha value is -1.52. The Labute approximate surface area is 129 Å². The number of nitro groups is 1. The molecule has 0 aromatic heterocycles. The molecule has 0 aliphatic heterocycles. The van der Waals surface area contributed by atoms with Crippen molar-refractivity contribution in [3.05, 3.63) is 32.8 Å². The predicted octanol–water partition coefficient (Wildman–Crippen LogP) is 1.59. The molecule has 1 atom stereocenters. The van der Waals surface area contributed by atoms with E-state index in [1.807, 2.05) is 0 Å². The van der Waals surface area contributed by atoms with Gasteiger partial charge < -0.3 is 4.74 Å². The van der Waals surface area contributed by atoms with Gasteiger partial charge in [-0.25, -0.2) is 8.42 Å². The van der Waals surface area contributed by atoms with Gasteiger partial charge >= 0.3 is 5.97 Å². The van der Waals surface area contributed by atoms with Crippen molar-refractivity contribution in [3.63, 3.8) is 0 Å². The molecule has 10 heteroatoms. The molecular weight excluding hydrogens is 368 g/mol. The van der Waals surface area contributed by atoms with E-state index in [9.17, 15) is 23.3 Å². The van der Waals surface area contributed by atoms with E-state index < -0.39 is 37.5 Å². The van der Waals surface area contributed by atoms with Gasteiger partial charge in [0.1, 0.15) is 6.04 Å². The van der Waals surface area contributed by atoms with Crippen molar-refractivity contribution in [1.82, 2.24) is 4.72 Å². The summed E-state index contributed by atoms with van der Waals surface area (Å²) in [6.45, 7) is 2.97. The molecule has 0 aliphatic carbocycles. The van der Waals surface area contributed by atoms with Crippen LogP contribution in [0.5, 0.6) is 0 Å². The van der Waals surface area contributed by atoms with Crippen LogP contribution < -0.4 is 4.72 Å². The van der Waals surface area contributed by atoms with E-state index in [0.717, 1.165) is 12.1 Å². The van der Waals surface area contributed by atoms with Gasteiger partial charge in [0, 0.05) is 10.5 Å². The third-order valence-corrected chi connectivity index (χ3v) is 4.44. The van der Waals surface area contributed by atoms with E-state index in [0.29, 0.717) is 4.47 Å². The van der Waals surface area contributed by atoms with Gasteiger partial charge in [-0.3, -0.25) is 14.9 Å². The van der Waals surface area contributed by atoms with Crippen LogP contribution in [0.1, 0.15) is 13.8 Å². The van der Waals surface area contributed by atoms with Crippen LogP contribution in [0.25, 0.3) is 0 Å². The molecule has 0 amide bonds. The fourth-order valence-electron chi connectivity index (χ4n) is 1.47. The maximum atomic E-state index is 12.2. The standard InChI is InChI=1S/C11H13BrN2O6S/c1-3-20-11(15)7(2)13-21(18,19)10-6-8(12)4-5-9(10)14(16)17/h4-7,13H,3H2,1-2H3. The number of ether oxygens (including phenoxy) is 1. The van der Waals surface area contributed by atoms with Crippen molar-refractivity contribution < 1.29 is 22.9 Å². The summed E-state index contributed by atoms with van der Waals surface area (Å²) in [5, 5.41) is 10.9. The van der Waals surface area contributed by atoms with Crippen molar-refractivity contribution in [1.29, 1.82) is 0 Å². The number of hydrogen-bond donors (Lipinski definition) is 1. The first kappa shape index (κ1) is 17.5. The molecule has 0 spiro atoms. The van der Waals surface area contributed by atoms with Crippen molar-refractivity contribution in [3.8, 4) is 0 Å². The zero-order valence-electron chi connectivity index (χ0n) is 11.2. The lowest BCUT2D eigenvalue weighted by Crippen LogP contribution is -2.39. The van der Waals surface area contributed by atoms with Crippen LogP contribution in [-0.2, 0) is 19.6 Å². The third-order valence-electron chi connectivity index (χ3n) is 2.38. The highest BCUT2D eigenvalue weighted by atomic mass is 79.9. The van der Waals surface area contributed by atoms with Crippen LogP contribution in [0.4, 0.5) is 5.69 Å². The van der Waals surface area contributed by atoms with E-state index in [-0.39, 0.29) is 6.61 Å². The lowest BCUT2D eigenvalue weighted by molar-refractivity contribution is -0.387. The van der Waals surface area contributed by atoms with Gasteiger partial charge in [-0.1, -0.05) is 15.9 Å². The lowest BCUT2D eigenvalue weighted by Gasteiger charge is -2.13. The van der Waals surface area contributed by atoms with Gasteiger partial charge in [-0.15, -0.1) is 0 Å². The molecule has 1 aromatic carbocycles. The zero-order valence-corrected chi connectivity index (χ0v) is 13.6. The van der Waals surface area contributed by atoms with E-state index in [1.165, 1.54) is 13.0 Å². The molecule has 0 bridgehead atoms. The smallest absolute Gasteiger partial charge is 0.323 e. The molecule has 116 valence electrons. The summed E-state index contributed by atoms with van der Waals surface area (Å²) in [5.74, 6) is -0.765. The van der Waals surface area contributed by atoms with E-state index >= 15 is 0 Å². The van der Waals surface area contributed by atoms with Gasteiger partial charge in [0.2, 0.25) is 10.0 Å². The normalized spacial score (nSPS) is 12.7. The summed E-state index contributed by atoms with van der Waals surface area (Å²) < 4.78 is 31.5. The largest absolute Gasteiger partial charge is 0.465 e. The first-order valence-electron chi connectivity index (χ1n) is 5.82. The number of rotatable bonds is 6. The molecule has 1 N–H and O–H groups in total. The highest BCUT2D eigenvalue weighted by Crippen LogP contribution is 2.27. The van der Waals surface area contributed by atoms with Gasteiger partial charge in [0.25, 0.3) is 5.69 Å². The van der Waals surface area contributed by atoms with Crippen molar-refractivity contribution in [2.45, 2.75) is 24.8 Å². The minimum atomic E-state index is -4.24. The predicted molar refractivity (Wildman–Crippen MR) is 77.2 cm³/mol. The Morgan fingerprint density at radius 1 is 1.52 bits per heavy atom. The molecule has 1 aromatic rings. The van der Waals surface area contributed by atoms with Crippen molar-refractivity contribution in [2.24, 2.45) is 0 Å².